The number of Topliss-reactive ketones (excluding diaryl/α,β-unsaturated/α-hetero) is 1. The van der Waals surface area contributed by atoms with Crippen molar-refractivity contribution < 1.29 is 9.90 Å². The number of rotatable bonds is 2. The maximum absolute atomic E-state index is 11.8. The number of aromatic amines is 1. The topological polar surface area (TPSA) is 70.2 Å². The molecule has 1 heterocycles. The van der Waals surface area contributed by atoms with E-state index in [0.717, 1.165) is 24.1 Å². The molecule has 86 valence electrons. The Labute approximate surface area is 93.3 Å². The fourth-order valence-electron chi connectivity index (χ4n) is 2.35. The van der Waals surface area contributed by atoms with Gasteiger partial charge in [0.1, 0.15) is 0 Å². The minimum absolute atomic E-state index is 0.0725. The highest BCUT2D eigenvalue weighted by Crippen LogP contribution is 2.23. The third-order valence-electron chi connectivity index (χ3n) is 3.14. The quantitative estimate of drug-likeness (QED) is 0.773. The summed E-state index contributed by atoms with van der Waals surface area (Å²) in [6.07, 6.45) is 2.43. The van der Waals surface area contributed by atoms with Crippen LogP contribution in [0.3, 0.4) is 0 Å². The lowest BCUT2D eigenvalue weighted by atomic mass is 9.89. The van der Waals surface area contributed by atoms with Crippen LogP contribution in [0.4, 0.5) is 0 Å². The molecule has 0 saturated heterocycles. The molecule has 0 atom stereocenters. The van der Waals surface area contributed by atoms with Crippen LogP contribution in [-0.4, -0.2) is 22.5 Å². The molecule has 0 fully saturated rings. The van der Waals surface area contributed by atoms with Crippen molar-refractivity contribution in [1.82, 2.24) is 4.98 Å². The number of aliphatic hydroxyl groups is 1. The molecule has 0 unspecified atom stereocenters. The van der Waals surface area contributed by atoms with Gasteiger partial charge in [0.15, 0.2) is 5.78 Å². The molecule has 1 aromatic rings. The molecule has 4 heteroatoms. The molecule has 4 nitrogen and oxygen atoms in total. The lowest BCUT2D eigenvalue weighted by molar-refractivity contribution is 0.0970. The average molecular weight is 221 g/mol. The number of carbonyl (C=O) groups is 1. The van der Waals surface area contributed by atoms with Crippen LogP contribution in [0, 0.1) is 6.92 Å². The largest absolute Gasteiger partial charge is 0.396 e. The minimum atomic E-state index is -0.167. The zero-order valence-corrected chi connectivity index (χ0v) is 9.30. The van der Waals surface area contributed by atoms with E-state index in [1.165, 1.54) is 0 Å². The van der Waals surface area contributed by atoms with Crippen molar-refractivity contribution in [3.8, 4) is 0 Å². The molecule has 1 aromatic heterocycles. The van der Waals surface area contributed by atoms with Crippen molar-refractivity contribution in [3.05, 3.63) is 32.7 Å². The zero-order valence-electron chi connectivity index (χ0n) is 9.30. The summed E-state index contributed by atoms with van der Waals surface area (Å²) in [6.45, 7) is 1.72. The normalized spacial score (nSPS) is 15.0. The van der Waals surface area contributed by atoms with Crippen molar-refractivity contribution in [2.75, 3.05) is 6.61 Å². The number of hydrogen-bond donors (Lipinski definition) is 2. The predicted octanol–water partition coefficient (Wildman–Crippen LogP) is 0.737. The first-order chi connectivity index (χ1) is 7.65. The van der Waals surface area contributed by atoms with Crippen LogP contribution < -0.4 is 5.56 Å². The van der Waals surface area contributed by atoms with Crippen LogP contribution in [0.1, 0.15) is 40.0 Å². The summed E-state index contributed by atoms with van der Waals surface area (Å²) in [5.74, 6) is 0.106. The molecule has 1 aliphatic carbocycles. The fourth-order valence-corrected chi connectivity index (χ4v) is 2.35. The standard InChI is InChI=1S/C12H15NO3/c1-7-8(5-6-14)12(16)13-9-3-2-4-10(15)11(7)9/h14H,2-6H2,1H3,(H,13,16). The van der Waals surface area contributed by atoms with E-state index in [2.05, 4.69) is 4.98 Å². The van der Waals surface area contributed by atoms with Crippen molar-refractivity contribution in [1.29, 1.82) is 0 Å². The van der Waals surface area contributed by atoms with Gasteiger partial charge >= 0.3 is 0 Å². The van der Waals surface area contributed by atoms with Gasteiger partial charge in [0.2, 0.25) is 0 Å². The second kappa shape index (κ2) is 4.22. The number of fused-ring (bicyclic) bond motifs is 1. The monoisotopic (exact) mass is 221 g/mol. The van der Waals surface area contributed by atoms with Crippen LogP contribution in [0.25, 0.3) is 0 Å². The van der Waals surface area contributed by atoms with E-state index in [4.69, 9.17) is 5.11 Å². The second-order valence-corrected chi connectivity index (χ2v) is 4.16. The number of carbonyl (C=O) groups excluding carboxylic acids is 1. The summed E-state index contributed by atoms with van der Waals surface area (Å²) >= 11 is 0. The molecular weight excluding hydrogens is 206 g/mol. The van der Waals surface area contributed by atoms with Crippen LogP contribution in [0.2, 0.25) is 0 Å². The van der Waals surface area contributed by atoms with Crippen molar-refractivity contribution in [2.45, 2.75) is 32.6 Å². The Balaban J connectivity index is 2.64. The number of aryl methyl sites for hydroxylation is 1. The number of aromatic nitrogens is 1. The first kappa shape index (κ1) is 11.1. The van der Waals surface area contributed by atoms with E-state index in [1.54, 1.807) is 6.92 Å². The number of aliphatic hydroxyl groups excluding tert-OH is 1. The number of ketones is 1. The molecule has 0 amide bonds. The third kappa shape index (κ3) is 1.69. The number of nitrogens with one attached hydrogen (secondary N) is 1. The van der Waals surface area contributed by atoms with Crippen LogP contribution in [-0.2, 0) is 12.8 Å². The Kier molecular flexibility index (Phi) is 2.92. The Morgan fingerprint density at radius 1 is 1.31 bits per heavy atom. The number of H-pyrrole nitrogens is 1. The SMILES string of the molecule is Cc1c2c([nH]c(=O)c1CCO)CCCC2=O. The summed E-state index contributed by atoms with van der Waals surface area (Å²) in [4.78, 5) is 26.3. The van der Waals surface area contributed by atoms with E-state index in [-0.39, 0.29) is 17.9 Å². The van der Waals surface area contributed by atoms with Crippen LogP contribution in [0.15, 0.2) is 4.79 Å². The summed E-state index contributed by atoms with van der Waals surface area (Å²) in [5, 5.41) is 8.90. The van der Waals surface area contributed by atoms with Gasteiger partial charge in [-0.05, 0) is 25.3 Å². The van der Waals surface area contributed by atoms with E-state index in [9.17, 15) is 9.59 Å². The highest BCUT2D eigenvalue weighted by molar-refractivity contribution is 5.99. The summed E-state index contributed by atoms with van der Waals surface area (Å²) in [7, 11) is 0. The summed E-state index contributed by atoms with van der Waals surface area (Å²) in [6, 6.07) is 0. The maximum Gasteiger partial charge on any atom is 0.251 e. The second-order valence-electron chi connectivity index (χ2n) is 4.16. The van der Waals surface area contributed by atoms with Crippen molar-refractivity contribution >= 4 is 5.78 Å². The molecule has 0 aliphatic heterocycles. The zero-order chi connectivity index (χ0) is 11.7. The molecule has 0 saturated carbocycles. The smallest absolute Gasteiger partial charge is 0.251 e. The highest BCUT2D eigenvalue weighted by atomic mass is 16.3. The van der Waals surface area contributed by atoms with Crippen molar-refractivity contribution in [2.24, 2.45) is 0 Å². The maximum atomic E-state index is 11.8. The van der Waals surface area contributed by atoms with Gasteiger partial charge < -0.3 is 10.1 Å². The molecular formula is C12H15NO3. The molecule has 0 radical (unpaired) electrons. The molecule has 2 N–H and O–H groups in total. The lowest BCUT2D eigenvalue weighted by Gasteiger charge is -2.18. The van der Waals surface area contributed by atoms with Crippen molar-refractivity contribution in [3.63, 3.8) is 0 Å². The third-order valence-corrected chi connectivity index (χ3v) is 3.14. The summed E-state index contributed by atoms with van der Waals surface area (Å²) < 4.78 is 0. The van der Waals surface area contributed by atoms with Gasteiger partial charge in [-0.3, -0.25) is 9.59 Å². The Morgan fingerprint density at radius 2 is 2.06 bits per heavy atom. The van der Waals surface area contributed by atoms with Gasteiger partial charge in [0.25, 0.3) is 5.56 Å². The predicted molar refractivity (Wildman–Crippen MR) is 59.9 cm³/mol. The average Bonchev–Trinajstić information content (AvgIpc) is 2.24. The Bertz CT molecular complexity index is 488. The van der Waals surface area contributed by atoms with E-state index in [0.29, 0.717) is 24.0 Å². The Hall–Kier alpha value is -1.42. The van der Waals surface area contributed by atoms with E-state index < -0.39 is 0 Å². The van der Waals surface area contributed by atoms with E-state index in [1.807, 2.05) is 0 Å². The van der Waals surface area contributed by atoms with Gasteiger partial charge in [-0.15, -0.1) is 0 Å². The van der Waals surface area contributed by atoms with Gasteiger partial charge in [0, 0.05) is 36.3 Å². The minimum Gasteiger partial charge on any atom is -0.396 e. The molecule has 0 bridgehead atoms. The van der Waals surface area contributed by atoms with Gasteiger partial charge in [-0.25, -0.2) is 0 Å². The van der Waals surface area contributed by atoms with E-state index >= 15 is 0 Å². The lowest BCUT2D eigenvalue weighted by Crippen LogP contribution is -2.25. The fraction of sp³-hybridized carbons (Fsp3) is 0.500. The van der Waals surface area contributed by atoms with Gasteiger partial charge in [-0.1, -0.05) is 0 Å². The summed E-state index contributed by atoms with van der Waals surface area (Å²) in [5.41, 5.74) is 2.56. The molecule has 0 aromatic carbocycles. The number of pyridine rings is 1. The van der Waals surface area contributed by atoms with Gasteiger partial charge in [-0.2, -0.15) is 0 Å². The molecule has 0 spiro atoms. The first-order valence-corrected chi connectivity index (χ1v) is 5.54. The number of hydrogen-bond acceptors (Lipinski definition) is 3. The molecule has 16 heavy (non-hydrogen) atoms. The van der Waals surface area contributed by atoms with Crippen LogP contribution in [0.5, 0.6) is 0 Å². The highest BCUT2D eigenvalue weighted by Gasteiger charge is 2.22. The first-order valence-electron chi connectivity index (χ1n) is 5.54. The van der Waals surface area contributed by atoms with Gasteiger partial charge in [0.05, 0.1) is 0 Å². The molecule has 2 rings (SSSR count). The Morgan fingerprint density at radius 3 is 2.75 bits per heavy atom. The van der Waals surface area contributed by atoms with Crippen LogP contribution >= 0.6 is 0 Å². The molecule has 1 aliphatic rings.